The van der Waals surface area contributed by atoms with Crippen molar-refractivity contribution in [1.82, 2.24) is 5.32 Å². The summed E-state index contributed by atoms with van der Waals surface area (Å²) in [5.74, 6) is -0.628. The SMILES string of the molecule is CC/C=C\C/C=C\C/C=C\C/C=C\C/C=C\C/C=C\C(CC(=O)NC(CO)C(O)CCCCCCCCCCCCCCCC)OC(=O)CCCCCCCCCCC/C=C/CCCCCCCC. The van der Waals surface area contributed by atoms with Gasteiger partial charge in [-0.1, -0.05) is 267 Å². The number of carbonyl (C=O) groups is 2. The summed E-state index contributed by atoms with van der Waals surface area (Å²) in [6.45, 7) is 6.35. The molecule has 0 saturated heterocycles. The summed E-state index contributed by atoms with van der Waals surface area (Å²) in [7, 11) is 0. The molecule has 6 nitrogen and oxygen atoms in total. The molecule has 398 valence electrons. The summed E-state index contributed by atoms with van der Waals surface area (Å²) in [6.07, 6.45) is 74.0. The molecule has 0 spiro atoms. The predicted molar refractivity (Wildman–Crippen MR) is 301 cm³/mol. The summed E-state index contributed by atoms with van der Waals surface area (Å²) in [6, 6.07) is -0.747. The van der Waals surface area contributed by atoms with Crippen LogP contribution in [0.15, 0.2) is 85.1 Å². The molecule has 0 aliphatic rings. The first kappa shape index (κ1) is 66.0. The lowest BCUT2D eigenvalue weighted by Crippen LogP contribution is -2.46. The number of nitrogens with one attached hydrogen (secondary N) is 1. The van der Waals surface area contributed by atoms with E-state index in [2.05, 4.69) is 99.0 Å². The fourth-order valence-corrected chi connectivity index (χ4v) is 8.54. The van der Waals surface area contributed by atoms with Gasteiger partial charge in [-0.25, -0.2) is 0 Å². The van der Waals surface area contributed by atoms with Crippen LogP contribution in [0.1, 0.15) is 278 Å². The molecule has 69 heavy (non-hydrogen) atoms. The molecule has 0 fully saturated rings. The van der Waals surface area contributed by atoms with Crippen molar-refractivity contribution < 1.29 is 24.5 Å². The Morgan fingerprint density at radius 2 is 0.812 bits per heavy atom. The molecule has 0 aliphatic heterocycles. The quantitative estimate of drug-likeness (QED) is 0.0321. The van der Waals surface area contributed by atoms with E-state index in [1.54, 1.807) is 0 Å². The van der Waals surface area contributed by atoms with E-state index in [4.69, 9.17) is 4.74 Å². The van der Waals surface area contributed by atoms with Gasteiger partial charge in [0.15, 0.2) is 0 Å². The summed E-state index contributed by atoms with van der Waals surface area (Å²) >= 11 is 0. The van der Waals surface area contributed by atoms with Crippen molar-refractivity contribution in [1.29, 1.82) is 0 Å². The largest absolute Gasteiger partial charge is 0.458 e. The molecule has 0 saturated carbocycles. The van der Waals surface area contributed by atoms with E-state index in [9.17, 15) is 19.8 Å². The molecule has 0 bridgehead atoms. The van der Waals surface area contributed by atoms with Crippen LogP contribution < -0.4 is 5.32 Å². The number of amides is 1. The van der Waals surface area contributed by atoms with Crippen LogP contribution in [0.4, 0.5) is 0 Å². The number of carbonyl (C=O) groups excluding carboxylic acids is 2. The van der Waals surface area contributed by atoms with Crippen LogP contribution in [0.2, 0.25) is 0 Å². The van der Waals surface area contributed by atoms with Crippen molar-refractivity contribution in [2.24, 2.45) is 0 Å². The van der Waals surface area contributed by atoms with Gasteiger partial charge in [-0.05, 0) is 83.1 Å². The molecule has 0 rings (SSSR count). The number of unbranched alkanes of at least 4 members (excludes halogenated alkanes) is 28. The lowest BCUT2D eigenvalue weighted by Gasteiger charge is -2.23. The third-order valence-electron chi connectivity index (χ3n) is 13.0. The molecule has 1 amide bonds. The zero-order valence-corrected chi connectivity index (χ0v) is 45.4. The smallest absolute Gasteiger partial charge is 0.306 e. The average Bonchev–Trinajstić information content (AvgIpc) is 3.34. The zero-order chi connectivity index (χ0) is 50.2. The molecule has 3 N–H and O–H groups in total. The van der Waals surface area contributed by atoms with Crippen molar-refractivity contribution in [2.75, 3.05) is 6.61 Å². The third-order valence-corrected chi connectivity index (χ3v) is 13.0. The fourth-order valence-electron chi connectivity index (χ4n) is 8.54. The van der Waals surface area contributed by atoms with Gasteiger partial charge in [-0.2, -0.15) is 0 Å². The van der Waals surface area contributed by atoms with E-state index >= 15 is 0 Å². The van der Waals surface area contributed by atoms with E-state index in [0.717, 1.165) is 70.6 Å². The summed E-state index contributed by atoms with van der Waals surface area (Å²) in [5, 5.41) is 23.8. The first-order valence-electron chi connectivity index (χ1n) is 29.3. The van der Waals surface area contributed by atoms with Crippen LogP contribution in [0, 0.1) is 0 Å². The minimum Gasteiger partial charge on any atom is -0.458 e. The highest BCUT2D eigenvalue weighted by Crippen LogP contribution is 2.17. The van der Waals surface area contributed by atoms with Crippen LogP contribution >= 0.6 is 0 Å². The Balaban J connectivity index is 4.70. The number of rotatable bonds is 52. The van der Waals surface area contributed by atoms with Crippen molar-refractivity contribution in [2.45, 2.75) is 296 Å². The number of ether oxygens (including phenoxy) is 1. The Morgan fingerprint density at radius 3 is 1.22 bits per heavy atom. The maximum atomic E-state index is 13.2. The molecule has 0 aromatic carbocycles. The second-order valence-corrected chi connectivity index (χ2v) is 19.7. The van der Waals surface area contributed by atoms with Crippen molar-refractivity contribution >= 4 is 11.9 Å². The second-order valence-electron chi connectivity index (χ2n) is 19.7. The summed E-state index contributed by atoms with van der Waals surface area (Å²) in [5.41, 5.74) is 0. The molecule has 0 aliphatic carbocycles. The molecule has 6 heteroatoms. The number of esters is 1. The first-order chi connectivity index (χ1) is 34.0. The molecule has 3 atom stereocenters. The maximum Gasteiger partial charge on any atom is 0.306 e. The zero-order valence-electron chi connectivity index (χ0n) is 45.4. The van der Waals surface area contributed by atoms with Crippen molar-refractivity contribution in [3.05, 3.63) is 85.1 Å². The van der Waals surface area contributed by atoms with Crippen LogP contribution in [0.3, 0.4) is 0 Å². The van der Waals surface area contributed by atoms with Gasteiger partial charge in [0.05, 0.1) is 25.2 Å². The predicted octanol–water partition coefficient (Wildman–Crippen LogP) is 18.3. The normalized spacial score (nSPS) is 13.8. The minimum atomic E-state index is -0.824. The second kappa shape index (κ2) is 56.0. The topological polar surface area (TPSA) is 95.9 Å². The Morgan fingerprint density at radius 1 is 0.449 bits per heavy atom. The summed E-state index contributed by atoms with van der Waals surface area (Å²) < 4.78 is 5.85. The van der Waals surface area contributed by atoms with Crippen LogP contribution in [0.25, 0.3) is 0 Å². The number of hydrogen-bond donors (Lipinski definition) is 3. The molecule has 3 unspecified atom stereocenters. The highest BCUT2D eigenvalue weighted by molar-refractivity contribution is 5.78. The summed E-state index contributed by atoms with van der Waals surface area (Å²) in [4.78, 5) is 26.2. The lowest BCUT2D eigenvalue weighted by atomic mass is 10.0. The van der Waals surface area contributed by atoms with Crippen LogP contribution in [-0.2, 0) is 14.3 Å². The van der Waals surface area contributed by atoms with Gasteiger partial charge in [0.2, 0.25) is 5.91 Å². The number of hydrogen-bond acceptors (Lipinski definition) is 5. The maximum absolute atomic E-state index is 13.2. The van der Waals surface area contributed by atoms with E-state index in [1.165, 1.54) is 161 Å². The van der Waals surface area contributed by atoms with Gasteiger partial charge in [-0.3, -0.25) is 9.59 Å². The van der Waals surface area contributed by atoms with Crippen molar-refractivity contribution in [3.63, 3.8) is 0 Å². The van der Waals surface area contributed by atoms with E-state index in [0.29, 0.717) is 19.3 Å². The first-order valence-corrected chi connectivity index (χ1v) is 29.3. The van der Waals surface area contributed by atoms with Gasteiger partial charge in [0.1, 0.15) is 6.10 Å². The highest BCUT2D eigenvalue weighted by atomic mass is 16.5. The van der Waals surface area contributed by atoms with Crippen LogP contribution in [0.5, 0.6) is 0 Å². The number of allylic oxidation sites excluding steroid dienone is 13. The van der Waals surface area contributed by atoms with Gasteiger partial charge in [-0.15, -0.1) is 0 Å². The molecule has 0 aromatic heterocycles. The Labute approximate surface area is 427 Å². The highest BCUT2D eigenvalue weighted by Gasteiger charge is 2.23. The van der Waals surface area contributed by atoms with Crippen molar-refractivity contribution in [3.8, 4) is 0 Å². The van der Waals surface area contributed by atoms with Gasteiger partial charge < -0.3 is 20.3 Å². The molecule has 0 radical (unpaired) electrons. The van der Waals surface area contributed by atoms with E-state index in [-0.39, 0.29) is 24.9 Å². The fraction of sp³-hybridized carbons (Fsp3) is 0.746. The number of aliphatic hydroxyl groups excluding tert-OH is 2. The molecular weight excluding hydrogens is 851 g/mol. The molecular formula is C63H111NO5. The Hall–Kier alpha value is -2.96. The molecule has 0 aromatic rings. The number of aliphatic hydroxyl groups is 2. The van der Waals surface area contributed by atoms with Crippen LogP contribution in [-0.4, -0.2) is 46.9 Å². The monoisotopic (exact) mass is 962 g/mol. The van der Waals surface area contributed by atoms with E-state index in [1.807, 2.05) is 12.2 Å². The molecule has 0 heterocycles. The minimum absolute atomic E-state index is 0.0501. The lowest BCUT2D eigenvalue weighted by molar-refractivity contribution is -0.148. The van der Waals surface area contributed by atoms with Gasteiger partial charge >= 0.3 is 5.97 Å². The Bertz CT molecular complexity index is 1310. The standard InChI is InChI=1S/C63H111NO5/c1-4-7-10-13-16-19-22-25-28-30-31-33-35-38-41-44-47-50-53-56-63(68)69-59(54-51-48-45-42-39-36-34-32-29-26-23-20-17-14-11-8-5-2)57-62(67)64-60(58-65)61(66)55-52-49-46-43-40-37-27-24-21-18-15-12-9-6-3/h8,11,17,20,25-26,28-29,34,36,42,45,51,54,59-61,65-66H,4-7,9-10,12-16,18-19,21-24,27,30-33,35,37-41,43-44,46-50,52-53,55-58H2,1-3H3,(H,64,67)/b11-8-,20-17-,28-25+,29-26-,36-34-,45-42-,54-51-. The van der Waals surface area contributed by atoms with Gasteiger partial charge in [0, 0.05) is 6.42 Å². The average molecular weight is 963 g/mol. The third kappa shape index (κ3) is 51.2. The van der Waals surface area contributed by atoms with Gasteiger partial charge in [0.25, 0.3) is 0 Å². The Kier molecular flexibility index (Phi) is 53.6. The van der Waals surface area contributed by atoms with E-state index < -0.39 is 18.2 Å².